The lowest BCUT2D eigenvalue weighted by molar-refractivity contribution is -0.137. The first-order valence-electron chi connectivity index (χ1n) is 10.1. The van der Waals surface area contributed by atoms with Crippen LogP contribution in [0, 0.1) is 0 Å². The molecule has 0 unspecified atom stereocenters. The maximum absolute atomic E-state index is 12.5. The van der Waals surface area contributed by atoms with Gasteiger partial charge in [0, 0.05) is 19.6 Å². The highest BCUT2D eigenvalue weighted by atomic mass is 19.4. The van der Waals surface area contributed by atoms with Gasteiger partial charge in [-0.15, -0.1) is 0 Å². The van der Waals surface area contributed by atoms with E-state index in [1.807, 2.05) is 0 Å². The largest absolute Gasteiger partial charge is 0.416 e. The van der Waals surface area contributed by atoms with Gasteiger partial charge in [0.1, 0.15) is 0 Å². The quantitative estimate of drug-likeness (QED) is 0.374. The number of unbranched alkanes of at least 4 members (excludes halogenated alkanes) is 8. The van der Waals surface area contributed by atoms with Gasteiger partial charge < -0.3 is 10.6 Å². The third-order valence-electron chi connectivity index (χ3n) is 4.55. The highest BCUT2D eigenvalue weighted by Gasteiger charge is 2.29. The van der Waals surface area contributed by atoms with Gasteiger partial charge in [-0.25, -0.2) is 0 Å². The normalized spacial score (nSPS) is 11.8. The Labute approximate surface area is 157 Å². The molecular formula is C21H35F3N2. The number of rotatable bonds is 15. The summed E-state index contributed by atoms with van der Waals surface area (Å²) in [5.41, 5.74) is 0.279. The minimum atomic E-state index is -4.26. The van der Waals surface area contributed by atoms with Gasteiger partial charge in [0.2, 0.25) is 0 Å². The lowest BCUT2D eigenvalue weighted by Crippen LogP contribution is -2.27. The van der Waals surface area contributed by atoms with Gasteiger partial charge in [-0.2, -0.15) is 13.2 Å². The zero-order valence-electron chi connectivity index (χ0n) is 16.1. The molecule has 0 radical (unpaired) electrons. The number of hydrogen-bond acceptors (Lipinski definition) is 2. The van der Waals surface area contributed by atoms with E-state index in [0.29, 0.717) is 6.54 Å². The molecule has 0 bridgehead atoms. The van der Waals surface area contributed by atoms with E-state index in [1.165, 1.54) is 69.9 Å². The van der Waals surface area contributed by atoms with Crippen molar-refractivity contribution in [1.29, 1.82) is 0 Å². The van der Waals surface area contributed by atoms with Crippen molar-refractivity contribution in [2.75, 3.05) is 19.6 Å². The molecule has 0 saturated heterocycles. The molecule has 0 saturated carbocycles. The molecule has 1 aromatic carbocycles. The second kappa shape index (κ2) is 14.0. The van der Waals surface area contributed by atoms with Gasteiger partial charge in [-0.1, -0.05) is 70.4 Å². The van der Waals surface area contributed by atoms with E-state index >= 15 is 0 Å². The third kappa shape index (κ3) is 11.5. The number of halogens is 3. The molecule has 150 valence electrons. The van der Waals surface area contributed by atoms with Crippen LogP contribution in [-0.2, 0) is 12.7 Å². The molecule has 0 aliphatic rings. The number of hydrogen-bond donors (Lipinski definition) is 2. The van der Waals surface area contributed by atoms with Gasteiger partial charge in [-0.3, -0.25) is 0 Å². The molecule has 2 nitrogen and oxygen atoms in total. The fraction of sp³-hybridized carbons (Fsp3) is 0.714. The van der Waals surface area contributed by atoms with Crippen LogP contribution in [0.1, 0.15) is 75.8 Å². The highest BCUT2D eigenvalue weighted by molar-refractivity contribution is 5.24. The Hall–Kier alpha value is -1.07. The smallest absolute Gasteiger partial charge is 0.315 e. The second-order valence-corrected chi connectivity index (χ2v) is 6.95. The Balaban J connectivity index is 1.89. The van der Waals surface area contributed by atoms with E-state index < -0.39 is 11.7 Å². The first-order chi connectivity index (χ1) is 12.5. The van der Waals surface area contributed by atoms with E-state index in [-0.39, 0.29) is 0 Å². The van der Waals surface area contributed by atoms with Gasteiger partial charge in [-0.05, 0) is 30.7 Å². The van der Waals surface area contributed by atoms with E-state index in [4.69, 9.17) is 0 Å². The van der Waals surface area contributed by atoms with E-state index in [2.05, 4.69) is 17.6 Å². The van der Waals surface area contributed by atoms with Gasteiger partial charge in [0.05, 0.1) is 5.56 Å². The molecule has 1 aromatic rings. The topological polar surface area (TPSA) is 24.1 Å². The van der Waals surface area contributed by atoms with Crippen LogP contribution in [0.5, 0.6) is 0 Å². The van der Waals surface area contributed by atoms with Crippen molar-refractivity contribution < 1.29 is 13.2 Å². The minimum Gasteiger partial charge on any atom is -0.315 e. The van der Waals surface area contributed by atoms with Crippen molar-refractivity contribution in [3.05, 3.63) is 35.4 Å². The summed E-state index contributed by atoms with van der Waals surface area (Å²) in [4.78, 5) is 0. The van der Waals surface area contributed by atoms with Crippen LogP contribution >= 0.6 is 0 Å². The van der Waals surface area contributed by atoms with Crippen LogP contribution < -0.4 is 10.6 Å². The van der Waals surface area contributed by atoms with Crippen LogP contribution in [-0.4, -0.2) is 19.6 Å². The zero-order chi connectivity index (χ0) is 19.1. The first kappa shape index (κ1) is 23.0. The van der Waals surface area contributed by atoms with Crippen LogP contribution in [0.2, 0.25) is 0 Å². The number of alkyl halides is 3. The predicted molar refractivity (Wildman–Crippen MR) is 103 cm³/mol. The monoisotopic (exact) mass is 372 g/mol. The minimum absolute atomic E-state index is 0.594. The summed E-state index contributed by atoms with van der Waals surface area (Å²) in [6.07, 6.45) is 7.77. The van der Waals surface area contributed by atoms with Crippen molar-refractivity contribution in [3.8, 4) is 0 Å². The summed E-state index contributed by atoms with van der Waals surface area (Å²) < 4.78 is 37.4. The molecule has 0 amide bonds. The first-order valence-corrected chi connectivity index (χ1v) is 10.1. The molecule has 26 heavy (non-hydrogen) atoms. The lowest BCUT2D eigenvalue weighted by atomic mass is 10.1. The van der Waals surface area contributed by atoms with Crippen molar-refractivity contribution in [3.63, 3.8) is 0 Å². The average molecular weight is 373 g/mol. The third-order valence-corrected chi connectivity index (χ3v) is 4.55. The summed E-state index contributed by atoms with van der Waals surface area (Å²) in [6.45, 7) is 5.59. The van der Waals surface area contributed by atoms with Gasteiger partial charge >= 0.3 is 6.18 Å². The van der Waals surface area contributed by atoms with Crippen molar-refractivity contribution >= 4 is 0 Å². The summed E-state index contributed by atoms with van der Waals surface area (Å²) in [6, 6.07) is 5.34. The molecule has 1 rings (SSSR count). The maximum atomic E-state index is 12.5. The maximum Gasteiger partial charge on any atom is 0.416 e. The van der Waals surface area contributed by atoms with Crippen LogP contribution in [0.3, 0.4) is 0 Å². The van der Waals surface area contributed by atoms with Gasteiger partial charge in [0.25, 0.3) is 0 Å². The standard InChI is InChI=1S/C21H35F3N2/c1-2-3-4-5-6-7-8-9-10-15-25-16-17-26-18-19-11-13-20(14-12-19)21(22,23)24/h11-14,25-26H,2-10,15-18H2,1H3. The molecule has 0 aromatic heterocycles. The Morgan fingerprint density at radius 2 is 1.23 bits per heavy atom. The van der Waals surface area contributed by atoms with Crippen molar-refractivity contribution in [2.45, 2.75) is 77.4 Å². The molecule has 0 aliphatic carbocycles. The fourth-order valence-corrected chi connectivity index (χ4v) is 2.91. The molecule has 0 fully saturated rings. The summed E-state index contributed by atoms with van der Waals surface area (Å²) in [5, 5.41) is 6.66. The van der Waals surface area contributed by atoms with E-state index in [0.717, 1.165) is 37.3 Å². The molecule has 0 aliphatic heterocycles. The highest BCUT2D eigenvalue weighted by Crippen LogP contribution is 2.28. The van der Waals surface area contributed by atoms with Gasteiger partial charge in [0.15, 0.2) is 0 Å². The Morgan fingerprint density at radius 1 is 0.692 bits per heavy atom. The fourth-order valence-electron chi connectivity index (χ4n) is 2.91. The summed E-state index contributed by atoms with van der Waals surface area (Å²) in [7, 11) is 0. The van der Waals surface area contributed by atoms with Crippen molar-refractivity contribution in [2.24, 2.45) is 0 Å². The SMILES string of the molecule is CCCCCCCCCCCNCCNCc1ccc(C(F)(F)F)cc1. The van der Waals surface area contributed by atoms with Crippen LogP contribution in [0.4, 0.5) is 13.2 Å². The Kier molecular flexibility index (Phi) is 12.4. The Bertz CT molecular complexity index is 444. The summed E-state index contributed by atoms with van der Waals surface area (Å²) >= 11 is 0. The zero-order valence-corrected chi connectivity index (χ0v) is 16.1. The Morgan fingerprint density at radius 3 is 1.81 bits per heavy atom. The predicted octanol–water partition coefficient (Wildman–Crippen LogP) is 5.92. The van der Waals surface area contributed by atoms with E-state index in [1.54, 1.807) is 0 Å². The van der Waals surface area contributed by atoms with Crippen LogP contribution in [0.25, 0.3) is 0 Å². The van der Waals surface area contributed by atoms with E-state index in [9.17, 15) is 13.2 Å². The molecule has 0 atom stereocenters. The number of benzene rings is 1. The molecule has 0 spiro atoms. The molecule has 5 heteroatoms. The molecule has 2 N–H and O–H groups in total. The molecular weight excluding hydrogens is 337 g/mol. The second-order valence-electron chi connectivity index (χ2n) is 6.95. The lowest BCUT2D eigenvalue weighted by Gasteiger charge is -2.09. The molecule has 0 heterocycles. The number of nitrogens with one attached hydrogen (secondary N) is 2. The summed E-state index contributed by atoms with van der Waals surface area (Å²) in [5.74, 6) is 0. The average Bonchev–Trinajstić information content (AvgIpc) is 2.61. The van der Waals surface area contributed by atoms with Crippen LogP contribution in [0.15, 0.2) is 24.3 Å². The van der Waals surface area contributed by atoms with Crippen molar-refractivity contribution in [1.82, 2.24) is 10.6 Å².